The second kappa shape index (κ2) is 8.03. The highest BCUT2D eigenvalue weighted by Gasteiger charge is 2.06. The summed E-state index contributed by atoms with van der Waals surface area (Å²) in [6.45, 7) is 7.79. The van der Waals surface area contributed by atoms with E-state index in [1.165, 1.54) is 0 Å². The van der Waals surface area contributed by atoms with Gasteiger partial charge in [-0.3, -0.25) is 0 Å². The SMILES string of the molecule is CCN(CCCOC)CC(C)C#N. The summed E-state index contributed by atoms with van der Waals surface area (Å²) in [6.07, 6.45) is 1.04. The van der Waals surface area contributed by atoms with Crippen LogP contribution in [0.25, 0.3) is 0 Å². The van der Waals surface area contributed by atoms with Crippen LogP contribution in [0.2, 0.25) is 0 Å². The van der Waals surface area contributed by atoms with Gasteiger partial charge in [-0.2, -0.15) is 5.26 Å². The van der Waals surface area contributed by atoms with E-state index in [-0.39, 0.29) is 5.92 Å². The monoisotopic (exact) mass is 184 g/mol. The molecule has 1 atom stereocenters. The van der Waals surface area contributed by atoms with Gasteiger partial charge >= 0.3 is 0 Å². The van der Waals surface area contributed by atoms with Crippen molar-refractivity contribution in [2.45, 2.75) is 20.3 Å². The first-order valence-corrected chi connectivity index (χ1v) is 4.85. The van der Waals surface area contributed by atoms with E-state index >= 15 is 0 Å². The highest BCUT2D eigenvalue weighted by Crippen LogP contribution is 1.99. The Bertz CT molecular complexity index is 153. The number of methoxy groups -OCH3 is 1. The maximum Gasteiger partial charge on any atom is 0.0666 e. The van der Waals surface area contributed by atoms with Crippen LogP contribution in [0.3, 0.4) is 0 Å². The lowest BCUT2D eigenvalue weighted by Gasteiger charge is -2.20. The van der Waals surface area contributed by atoms with Crippen molar-refractivity contribution in [1.29, 1.82) is 5.26 Å². The van der Waals surface area contributed by atoms with E-state index in [1.807, 2.05) is 6.92 Å². The molecular formula is C10H20N2O. The molecule has 0 aromatic carbocycles. The molecule has 0 radical (unpaired) electrons. The number of ether oxygens (including phenoxy) is 1. The molecule has 1 unspecified atom stereocenters. The molecule has 3 nitrogen and oxygen atoms in total. The summed E-state index contributed by atoms with van der Waals surface area (Å²) >= 11 is 0. The van der Waals surface area contributed by atoms with Crippen LogP contribution in [0.4, 0.5) is 0 Å². The maximum absolute atomic E-state index is 8.65. The Kier molecular flexibility index (Phi) is 7.66. The van der Waals surface area contributed by atoms with Crippen LogP contribution in [-0.4, -0.2) is 38.3 Å². The molecule has 0 rings (SSSR count). The smallest absolute Gasteiger partial charge is 0.0666 e. The van der Waals surface area contributed by atoms with Crippen molar-refractivity contribution < 1.29 is 4.74 Å². The van der Waals surface area contributed by atoms with Crippen molar-refractivity contribution >= 4 is 0 Å². The van der Waals surface area contributed by atoms with Crippen LogP contribution < -0.4 is 0 Å². The summed E-state index contributed by atoms with van der Waals surface area (Å²) in [5.74, 6) is 0.127. The molecule has 0 heterocycles. The fourth-order valence-electron chi connectivity index (χ4n) is 1.24. The standard InChI is InChI=1S/C10H20N2O/c1-4-12(6-5-7-13-3)9-10(2)8-11/h10H,4-7,9H2,1-3H3. The summed E-state index contributed by atoms with van der Waals surface area (Å²) in [6, 6.07) is 2.25. The molecule has 0 amide bonds. The molecule has 0 aliphatic heterocycles. The van der Waals surface area contributed by atoms with Crippen molar-refractivity contribution in [3.05, 3.63) is 0 Å². The Morgan fingerprint density at radius 3 is 2.69 bits per heavy atom. The van der Waals surface area contributed by atoms with Gasteiger partial charge in [-0.05, 0) is 19.9 Å². The fourth-order valence-corrected chi connectivity index (χ4v) is 1.24. The molecule has 13 heavy (non-hydrogen) atoms. The van der Waals surface area contributed by atoms with Gasteiger partial charge < -0.3 is 9.64 Å². The Labute approximate surface area is 81.3 Å². The van der Waals surface area contributed by atoms with Gasteiger partial charge in [0, 0.05) is 26.8 Å². The van der Waals surface area contributed by atoms with Crippen molar-refractivity contribution in [2.75, 3.05) is 33.4 Å². The summed E-state index contributed by atoms with van der Waals surface area (Å²) < 4.78 is 4.98. The number of hydrogen-bond acceptors (Lipinski definition) is 3. The largest absolute Gasteiger partial charge is 0.385 e. The van der Waals surface area contributed by atoms with Crippen LogP contribution in [0, 0.1) is 17.2 Å². The van der Waals surface area contributed by atoms with E-state index in [0.717, 1.165) is 32.7 Å². The third-order valence-corrected chi connectivity index (χ3v) is 2.02. The second-order valence-electron chi connectivity index (χ2n) is 3.27. The molecule has 0 saturated heterocycles. The highest BCUT2D eigenvalue weighted by molar-refractivity contribution is 4.81. The lowest BCUT2D eigenvalue weighted by atomic mass is 10.2. The van der Waals surface area contributed by atoms with E-state index < -0.39 is 0 Å². The molecule has 3 heteroatoms. The van der Waals surface area contributed by atoms with Gasteiger partial charge in [0.15, 0.2) is 0 Å². The van der Waals surface area contributed by atoms with Gasteiger partial charge in [-0.25, -0.2) is 0 Å². The number of nitrogens with zero attached hydrogens (tertiary/aromatic N) is 2. The predicted octanol–water partition coefficient (Wildman–Crippen LogP) is 1.50. The third-order valence-electron chi connectivity index (χ3n) is 2.02. The molecule has 0 fully saturated rings. The summed E-state index contributed by atoms with van der Waals surface area (Å²) in [4.78, 5) is 2.28. The van der Waals surface area contributed by atoms with Crippen molar-refractivity contribution in [3.8, 4) is 6.07 Å². The van der Waals surface area contributed by atoms with E-state index in [1.54, 1.807) is 7.11 Å². The van der Waals surface area contributed by atoms with Gasteiger partial charge in [0.2, 0.25) is 0 Å². The average molecular weight is 184 g/mol. The lowest BCUT2D eigenvalue weighted by molar-refractivity contribution is 0.170. The maximum atomic E-state index is 8.65. The Hall–Kier alpha value is -0.590. The number of nitriles is 1. The molecular weight excluding hydrogens is 164 g/mol. The summed E-state index contributed by atoms with van der Waals surface area (Å²) in [5, 5.41) is 8.65. The lowest BCUT2D eigenvalue weighted by Crippen LogP contribution is -2.29. The average Bonchev–Trinajstić information content (AvgIpc) is 2.16. The first-order chi connectivity index (χ1) is 6.24. The zero-order valence-electron chi connectivity index (χ0n) is 8.92. The van der Waals surface area contributed by atoms with Crippen molar-refractivity contribution in [3.63, 3.8) is 0 Å². The van der Waals surface area contributed by atoms with Gasteiger partial charge in [0.05, 0.1) is 12.0 Å². The zero-order chi connectivity index (χ0) is 10.1. The molecule has 0 saturated carbocycles. The van der Waals surface area contributed by atoms with Crippen LogP contribution >= 0.6 is 0 Å². The van der Waals surface area contributed by atoms with Gasteiger partial charge in [-0.15, -0.1) is 0 Å². The molecule has 0 aromatic heterocycles. The minimum atomic E-state index is 0.127. The van der Waals surface area contributed by atoms with E-state index in [4.69, 9.17) is 10.00 Å². The predicted molar refractivity (Wildman–Crippen MR) is 53.4 cm³/mol. The molecule has 0 aromatic rings. The molecule has 0 N–H and O–H groups in total. The Morgan fingerprint density at radius 2 is 2.23 bits per heavy atom. The van der Waals surface area contributed by atoms with Crippen LogP contribution in [0.1, 0.15) is 20.3 Å². The number of rotatable bonds is 7. The van der Waals surface area contributed by atoms with E-state index in [2.05, 4.69) is 17.9 Å². The molecule has 76 valence electrons. The second-order valence-corrected chi connectivity index (χ2v) is 3.27. The molecule has 0 aliphatic rings. The normalized spacial score (nSPS) is 12.8. The first kappa shape index (κ1) is 12.4. The van der Waals surface area contributed by atoms with Gasteiger partial charge in [-0.1, -0.05) is 6.92 Å². The molecule has 0 spiro atoms. The minimum absolute atomic E-state index is 0.127. The van der Waals surface area contributed by atoms with Gasteiger partial charge in [0.1, 0.15) is 0 Å². The number of hydrogen-bond donors (Lipinski definition) is 0. The summed E-state index contributed by atoms with van der Waals surface area (Å²) in [5.41, 5.74) is 0. The van der Waals surface area contributed by atoms with Crippen molar-refractivity contribution in [1.82, 2.24) is 4.90 Å². The Balaban J connectivity index is 3.58. The zero-order valence-corrected chi connectivity index (χ0v) is 8.92. The first-order valence-electron chi connectivity index (χ1n) is 4.85. The van der Waals surface area contributed by atoms with Crippen LogP contribution in [-0.2, 0) is 4.74 Å². The molecule has 0 aliphatic carbocycles. The van der Waals surface area contributed by atoms with Gasteiger partial charge in [0.25, 0.3) is 0 Å². The van der Waals surface area contributed by atoms with Crippen molar-refractivity contribution in [2.24, 2.45) is 5.92 Å². The van der Waals surface area contributed by atoms with E-state index in [9.17, 15) is 0 Å². The van der Waals surface area contributed by atoms with Crippen LogP contribution in [0.5, 0.6) is 0 Å². The fraction of sp³-hybridized carbons (Fsp3) is 0.900. The minimum Gasteiger partial charge on any atom is -0.385 e. The van der Waals surface area contributed by atoms with E-state index in [0.29, 0.717) is 0 Å². The molecule has 0 bridgehead atoms. The van der Waals surface area contributed by atoms with Crippen LogP contribution in [0.15, 0.2) is 0 Å². The quantitative estimate of drug-likeness (QED) is 0.563. The highest BCUT2D eigenvalue weighted by atomic mass is 16.5. The third kappa shape index (κ3) is 6.56. The Morgan fingerprint density at radius 1 is 1.54 bits per heavy atom. The topological polar surface area (TPSA) is 36.3 Å². The summed E-state index contributed by atoms with van der Waals surface area (Å²) in [7, 11) is 1.72.